The largest absolute Gasteiger partial charge is 0.370 e. The van der Waals surface area contributed by atoms with Gasteiger partial charge in [-0.05, 0) is 36.4 Å². The number of benzene rings is 1. The van der Waals surface area contributed by atoms with E-state index < -0.39 is 5.91 Å². The van der Waals surface area contributed by atoms with Gasteiger partial charge in [-0.2, -0.15) is 0 Å². The quantitative estimate of drug-likeness (QED) is 0.464. The molecule has 0 aliphatic carbocycles. The number of thiophene rings is 1. The molecule has 1 saturated heterocycles. The van der Waals surface area contributed by atoms with Crippen LogP contribution in [0.1, 0.15) is 33.0 Å². The molecule has 30 heavy (non-hydrogen) atoms. The smallest absolute Gasteiger partial charge is 0.275 e. The van der Waals surface area contributed by atoms with Crippen molar-refractivity contribution < 1.29 is 9.59 Å². The first kappa shape index (κ1) is 20.3. The molecule has 2 aromatic heterocycles. The Morgan fingerprint density at radius 1 is 1.10 bits per heavy atom. The number of hydrogen-bond acceptors (Lipinski definition) is 8. The van der Waals surface area contributed by atoms with Crippen LogP contribution in [0.4, 0.5) is 22.2 Å². The number of aromatic nitrogens is 1. The molecule has 0 bridgehead atoms. The summed E-state index contributed by atoms with van der Waals surface area (Å²) in [5.74, 6) is -0.793. The molecule has 3 aromatic rings. The summed E-state index contributed by atoms with van der Waals surface area (Å²) in [4.78, 5) is 31.3. The minimum Gasteiger partial charge on any atom is -0.370 e. The predicted octanol–water partition coefficient (Wildman–Crippen LogP) is 3.23. The lowest BCUT2D eigenvalue weighted by molar-refractivity contribution is 0.100. The van der Waals surface area contributed by atoms with E-state index in [-0.39, 0.29) is 11.9 Å². The van der Waals surface area contributed by atoms with E-state index in [0.717, 1.165) is 37.3 Å². The monoisotopic (exact) mass is 442 g/mol. The Morgan fingerprint density at radius 3 is 2.63 bits per heavy atom. The van der Waals surface area contributed by atoms with Crippen molar-refractivity contribution in [3.05, 3.63) is 51.7 Å². The van der Waals surface area contributed by atoms with Crippen LogP contribution in [-0.2, 0) is 0 Å². The number of para-hydroxylation sites is 2. The maximum absolute atomic E-state index is 12.8. The number of nitrogens with one attached hydrogen (secondary N) is 2. The summed E-state index contributed by atoms with van der Waals surface area (Å²) in [7, 11) is 0. The second-order valence-corrected chi connectivity index (χ2v) is 8.76. The molecule has 0 radical (unpaired) electrons. The van der Waals surface area contributed by atoms with Gasteiger partial charge in [-0.1, -0.05) is 12.1 Å². The normalized spacial score (nSPS) is 14.5. The number of primary amides is 1. The van der Waals surface area contributed by atoms with Crippen molar-refractivity contribution in [3.63, 3.8) is 0 Å². The van der Waals surface area contributed by atoms with Gasteiger partial charge in [0.15, 0.2) is 5.13 Å². The fraction of sp³-hybridized carbons (Fsp3) is 0.250. The van der Waals surface area contributed by atoms with Crippen LogP contribution in [0.2, 0.25) is 0 Å². The average molecular weight is 443 g/mol. The predicted molar refractivity (Wildman–Crippen MR) is 122 cm³/mol. The van der Waals surface area contributed by atoms with Gasteiger partial charge in [-0.25, -0.2) is 4.98 Å². The molecule has 3 heterocycles. The molecule has 6 N–H and O–H groups in total. The summed E-state index contributed by atoms with van der Waals surface area (Å²) in [6.45, 7) is 1.73. The third-order valence-corrected chi connectivity index (χ3v) is 6.59. The standard InChI is InChI=1S/C20H22N6O2S2/c21-12-5-8-26(9-6-12)16-4-2-1-3-13(16)23-19(28)15-11-30-20(25-15)24-14-7-10-29-17(14)18(22)27/h1-4,7,10-12H,5-6,8-9,21H2,(H2,22,27)(H,23,28)(H,24,25). The Bertz CT molecular complexity index is 1060. The Labute approximate surface area is 181 Å². The molecule has 1 aromatic carbocycles. The fourth-order valence-electron chi connectivity index (χ4n) is 3.33. The van der Waals surface area contributed by atoms with Crippen molar-refractivity contribution in [3.8, 4) is 0 Å². The SMILES string of the molecule is NC(=O)c1sccc1Nc1nc(C(=O)Nc2ccccc2N2CCC(N)CC2)cs1. The molecule has 0 atom stereocenters. The van der Waals surface area contributed by atoms with Crippen molar-refractivity contribution >= 4 is 56.7 Å². The first-order valence-electron chi connectivity index (χ1n) is 9.52. The molecule has 8 nitrogen and oxygen atoms in total. The van der Waals surface area contributed by atoms with Crippen LogP contribution in [0.3, 0.4) is 0 Å². The fourth-order valence-corrected chi connectivity index (χ4v) is 4.74. The van der Waals surface area contributed by atoms with E-state index in [2.05, 4.69) is 20.5 Å². The van der Waals surface area contributed by atoms with Gasteiger partial charge in [0.05, 0.1) is 17.1 Å². The van der Waals surface area contributed by atoms with Crippen molar-refractivity contribution in [2.24, 2.45) is 11.5 Å². The van der Waals surface area contributed by atoms with Gasteiger partial charge in [-0.15, -0.1) is 22.7 Å². The number of piperidine rings is 1. The Balaban J connectivity index is 1.46. The highest BCUT2D eigenvalue weighted by Crippen LogP contribution is 2.30. The zero-order valence-electron chi connectivity index (χ0n) is 16.1. The molecular formula is C20H22N6O2S2. The number of amides is 2. The molecule has 0 spiro atoms. The highest BCUT2D eigenvalue weighted by atomic mass is 32.1. The second kappa shape index (κ2) is 8.82. The topological polar surface area (TPSA) is 126 Å². The molecular weight excluding hydrogens is 420 g/mol. The lowest BCUT2D eigenvalue weighted by Gasteiger charge is -2.33. The lowest BCUT2D eigenvalue weighted by atomic mass is 10.0. The van der Waals surface area contributed by atoms with E-state index in [9.17, 15) is 9.59 Å². The van der Waals surface area contributed by atoms with Crippen LogP contribution in [0.15, 0.2) is 41.1 Å². The summed E-state index contributed by atoms with van der Waals surface area (Å²) < 4.78 is 0. The first-order valence-corrected chi connectivity index (χ1v) is 11.3. The van der Waals surface area contributed by atoms with E-state index >= 15 is 0 Å². The van der Waals surface area contributed by atoms with E-state index in [1.807, 2.05) is 24.3 Å². The minimum atomic E-state index is -0.503. The van der Waals surface area contributed by atoms with Crippen molar-refractivity contribution in [1.29, 1.82) is 0 Å². The molecule has 1 aliphatic heterocycles. The van der Waals surface area contributed by atoms with Crippen LogP contribution >= 0.6 is 22.7 Å². The van der Waals surface area contributed by atoms with Gasteiger partial charge in [0, 0.05) is 24.5 Å². The van der Waals surface area contributed by atoms with E-state index in [1.165, 1.54) is 22.7 Å². The number of nitrogens with two attached hydrogens (primary N) is 2. The van der Waals surface area contributed by atoms with E-state index in [4.69, 9.17) is 11.5 Å². The van der Waals surface area contributed by atoms with Crippen LogP contribution in [0, 0.1) is 0 Å². The number of carbonyl (C=O) groups is 2. The van der Waals surface area contributed by atoms with Gasteiger partial charge in [-0.3, -0.25) is 9.59 Å². The summed E-state index contributed by atoms with van der Waals surface area (Å²) in [6.07, 6.45) is 1.86. The zero-order chi connectivity index (χ0) is 21.1. The van der Waals surface area contributed by atoms with Crippen molar-refractivity contribution in [2.75, 3.05) is 28.6 Å². The molecule has 0 saturated carbocycles. The third kappa shape index (κ3) is 4.45. The molecule has 0 unspecified atom stereocenters. The summed E-state index contributed by atoms with van der Waals surface area (Å²) in [6, 6.07) is 9.74. The summed E-state index contributed by atoms with van der Waals surface area (Å²) in [5, 5.41) is 9.99. The van der Waals surface area contributed by atoms with Gasteiger partial charge >= 0.3 is 0 Å². The molecule has 156 valence electrons. The summed E-state index contributed by atoms with van der Waals surface area (Å²) >= 11 is 2.54. The van der Waals surface area contributed by atoms with Gasteiger partial charge < -0.3 is 27.0 Å². The van der Waals surface area contributed by atoms with Crippen LogP contribution in [0.5, 0.6) is 0 Å². The highest BCUT2D eigenvalue weighted by molar-refractivity contribution is 7.14. The maximum atomic E-state index is 12.8. The molecule has 1 fully saturated rings. The van der Waals surface area contributed by atoms with Crippen LogP contribution in [-0.4, -0.2) is 35.9 Å². The zero-order valence-corrected chi connectivity index (χ0v) is 17.8. The maximum Gasteiger partial charge on any atom is 0.275 e. The third-order valence-electron chi connectivity index (χ3n) is 4.90. The molecule has 2 amide bonds. The Morgan fingerprint density at radius 2 is 1.87 bits per heavy atom. The van der Waals surface area contributed by atoms with Crippen LogP contribution < -0.4 is 27.0 Å². The average Bonchev–Trinajstić information content (AvgIpc) is 3.39. The molecule has 10 heteroatoms. The van der Waals surface area contributed by atoms with Gasteiger partial charge in [0.25, 0.3) is 11.8 Å². The number of carbonyl (C=O) groups excluding carboxylic acids is 2. The lowest BCUT2D eigenvalue weighted by Crippen LogP contribution is -2.40. The van der Waals surface area contributed by atoms with Crippen molar-refractivity contribution in [1.82, 2.24) is 4.98 Å². The van der Waals surface area contributed by atoms with E-state index in [0.29, 0.717) is 21.4 Å². The highest BCUT2D eigenvalue weighted by Gasteiger charge is 2.20. The van der Waals surface area contributed by atoms with E-state index in [1.54, 1.807) is 16.8 Å². The summed E-state index contributed by atoms with van der Waals surface area (Å²) in [5.41, 5.74) is 14.0. The number of rotatable bonds is 6. The number of hydrogen-bond donors (Lipinski definition) is 4. The van der Waals surface area contributed by atoms with Crippen molar-refractivity contribution in [2.45, 2.75) is 18.9 Å². The number of anilines is 4. The number of thiazole rings is 1. The minimum absolute atomic E-state index is 0.238. The van der Waals surface area contributed by atoms with Crippen LogP contribution in [0.25, 0.3) is 0 Å². The van der Waals surface area contributed by atoms with Gasteiger partial charge in [0.1, 0.15) is 10.6 Å². The van der Waals surface area contributed by atoms with Gasteiger partial charge in [0.2, 0.25) is 0 Å². The Kier molecular flexibility index (Phi) is 5.98. The first-order chi connectivity index (χ1) is 14.5. The number of nitrogens with zero attached hydrogens (tertiary/aromatic N) is 2. The Hall–Kier alpha value is -2.95. The molecule has 4 rings (SSSR count). The second-order valence-electron chi connectivity index (χ2n) is 6.99. The molecule has 1 aliphatic rings.